The van der Waals surface area contributed by atoms with Crippen molar-refractivity contribution in [1.29, 1.82) is 0 Å². The van der Waals surface area contributed by atoms with Crippen molar-refractivity contribution in [3.8, 4) is 11.1 Å². The van der Waals surface area contributed by atoms with Crippen molar-refractivity contribution in [1.82, 2.24) is 0 Å². The lowest BCUT2D eigenvalue weighted by Crippen LogP contribution is -2.07. The van der Waals surface area contributed by atoms with Gasteiger partial charge in [-0.1, -0.05) is 24.3 Å². The molecule has 2 rings (SSSR count). The standard InChI is InChI=1S/C14H11F4N/c15-13-6-5-9(8-19)7-11(13)10-3-1-2-4-12(10)14(16,17)18/h1-7H,8,19H2. The van der Waals surface area contributed by atoms with Crippen molar-refractivity contribution in [3.05, 3.63) is 59.4 Å². The topological polar surface area (TPSA) is 26.0 Å². The zero-order chi connectivity index (χ0) is 14.0. The summed E-state index contributed by atoms with van der Waals surface area (Å²) in [4.78, 5) is 0. The van der Waals surface area contributed by atoms with Gasteiger partial charge >= 0.3 is 6.18 Å². The molecule has 0 spiro atoms. The molecule has 2 aromatic rings. The molecule has 0 saturated carbocycles. The zero-order valence-corrected chi connectivity index (χ0v) is 9.84. The van der Waals surface area contributed by atoms with Crippen LogP contribution in [0.2, 0.25) is 0 Å². The van der Waals surface area contributed by atoms with Crippen LogP contribution in [0.5, 0.6) is 0 Å². The van der Waals surface area contributed by atoms with Gasteiger partial charge in [-0.05, 0) is 29.3 Å². The minimum absolute atomic E-state index is 0.0872. The molecule has 0 unspecified atom stereocenters. The lowest BCUT2D eigenvalue weighted by atomic mass is 9.97. The Morgan fingerprint density at radius 2 is 1.63 bits per heavy atom. The summed E-state index contributed by atoms with van der Waals surface area (Å²) in [6.45, 7) is 0.140. The zero-order valence-electron chi connectivity index (χ0n) is 9.84. The number of alkyl halides is 3. The van der Waals surface area contributed by atoms with Crippen LogP contribution < -0.4 is 5.73 Å². The summed E-state index contributed by atoms with van der Waals surface area (Å²) in [5, 5.41) is 0. The van der Waals surface area contributed by atoms with E-state index >= 15 is 0 Å². The van der Waals surface area contributed by atoms with E-state index in [-0.39, 0.29) is 17.7 Å². The maximum absolute atomic E-state index is 13.8. The van der Waals surface area contributed by atoms with Crippen molar-refractivity contribution in [2.75, 3.05) is 0 Å². The van der Waals surface area contributed by atoms with Gasteiger partial charge in [0, 0.05) is 12.1 Å². The second-order valence-corrected chi connectivity index (χ2v) is 4.06. The highest BCUT2D eigenvalue weighted by atomic mass is 19.4. The number of halogens is 4. The van der Waals surface area contributed by atoms with Gasteiger partial charge in [0.2, 0.25) is 0 Å². The number of benzene rings is 2. The van der Waals surface area contributed by atoms with Crippen LogP contribution in [0.4, 0.5) is 17.6 Å². The third-order valence-electron chi connectivity index (χ3n) is 2.79. The Bertz CT molecular complexity index is 590. The molecule has 0 amide bonds. The fourth-order valence-corrected chi connectivity index (χ4v) is 1.87. The minimum atomic E-state index is -4.53. The van der Waals surface area contributed by atoms with Crippen molar-refractivity contribution >= 4 is 0 Å². The van der Waals surface area contributed by atoms with E-state index in [4.69, 9.17) is 5.73 Å². The smallest absolute Gasteiger partial charge is 0.326 e. The highest BCUT2D eigenvalue weighted by Gasteiger charge is 2.33. The third-order valence-corrected chi connectivity index (χ3v) is 2.79. The van der Waals surface area contributed by atoms with E-state index in [0.717, 1.165) is 12.1 Å². The van der Waals surface area contributed by atoms with Gasteiger partial charge in [-0.15, -0.1) is 0 Å². The normalized spacial score (nSPS) is 11.6. The molecule has 0 heterocycles. The molecule has 0 radical (unpaired) electrons. The lowest BCUT2D eigenvalue weighted by molar-refractivity contribution is -0.137. The first-order chi connectivity index (χ1) is 8.93. The minimum Gasteiger partial charge on any atom is -0.326 e. The first kappa shape index (κ1) is 13.5. The fourth-order valence-electron chi connectivity index (χ4n) is 1.87. The molecule has 2 N–H and O–H groups in total. The number of hydrogen-bond donors (Lipinski definition) is 1. The van der Waals surface area contributed by atoms with Crippen LogP contribution in [-0.2, 0) is 12.7 Å². The van der Waals surface area contributed by atoms with Crippen molar-refractivity contribution < 1.29 is 17.6 Å². The van der Waals surface area contributed by atoms with E-state index in [1.54, 1.807) is 0 Å². The fraction of sp³-hybridized carbons (Fsp3) is 0.143. The van der Waals surface area contributed by atoms with Gasteiger partial charge in [-0.3, -0.25) is 0 Å². The van der Waals surface area contributed by atoms with Gasteiger partial charge in [-0.25, -0.2) is 4.39 Å². The molecule has 0 aromatic heterocycles. The molecule has 0 atom stereocenters. The Labute approximate surface area is 107 Å². The van der Waals surface area contributed by atoms with Crippen LogP contribution in [0.1, 0.15) is 11.1 Å². The lowest BCUT2D eigenvalue weighted by Gasteiger charge is -2.14. The van der Waals surface area contributed by atoms with Crippen molar-refractivity contribution in [3.63, 3.8) is 0 Å². The van der Waals surface area contributed by atoms with Gasteiger partial charge in [0.05, 0.1) is 5.56 Å². The Balaban J connectivity index is 2.65. The summed E-state index contributed by atoms with van der Waals surface area (Å²) in [5.41, 5.74) is 4.88. The van der Waals surface area contributed by atoms with Crippen LogP contribution in [0.3, 0.4) is 0 Å². The Morgan fingerprint density at radius 3 is 2.26 bits per heavy atom. The van der Waals surface area contributed by atoms with E-state index in [9.17, 15) is 17.6 Å². The molecule has 1 nitrogen and oxygen atoms in total. The van der Waals surface area contributed by atoms with Crippen LogP contribution in [0.25, 0.3) is 11.1 Å². The molecule has 0 aliphatic rings. The molecule has 0 aliphatic heterocycles. The van der Waals surface area contributed by atoms with Gasteiger partial charge in [-0.2, -0.15) is 13.2 Å². The highest BCUT2D eigenvalue weighted by molar-refractivity contribution is 5.69. The quantitative estimate of drug-likeness (QED) is 0.820. The average molecular weight is 269 g/mol. The molecule has 19 heavy (non-hydrogen) atoms. The summed E-state index contributed by atoms with van der Waals surface area (Å²) in [6, 6.07) is 8.83. The molecule has 0 saturated heterocycles. The molecule has 100 valence electrons. The molecular formula is C14H11F4N. The predicted octanol–water partition coefficient (Wildman–Crippen LogP) is 3.97. The van der Waals surface area contributed by atoms with Crippen molar-refractivity contribution in [2.24, 2.45) is 5.73 Å². The average Bonchev–Trinajstić information content (AvgIpc) is 2.38. The summed E-state index contributed by atoms with van der Waals surface area (Å²) in [6.07, 6.45) is -4.53. The Hall–Kier alpha value is -1.88. The summed E-state index contributed by atoms with van der Waals surface area (Å²) < 4.78 is 52.5. The first-order valence-electron chi connectivity index (χ1n) is 5.58. The Kier molecular flexibility index (Phi) is 3.57. The van der Waals surface area contributed by atoms with Gasteiger partial charge < -0.3 is 5.73 Å². The van der Waals surface area contributed by atoms with Crippen LogP contribution in [-0.4, -0.2) is 0 Å². The van der Waals surface area contributed by atoms with E-state index in [1.807, 2.05) is 0 Å². The second kappa shape index (κ2) is 5.01. The van der Waals surface area contributed by atoms with E-state index in [1.165, 1.54) is 30.3 Å². The van der Waals surface area contributed by atoms with Gasteiger partial charge in [0.15, 0.2) is 0 Å². The summed E-state index contributed by atoms with van der Waals surface area (Å²) in [7, 11) is 0. The summed E-state index contributed by atoms with van der Waals surface area (Å²) >= 11 is 0. The largest absolute Gasteiger partial charge is 0.417 e. The number of hydrogen-bond acceptors (Lipinski definition) is 1. The molecule has 0 fully saturated rings. The predicted molar refractivity (Wildman–Crippen MR) is 64.7 cm³/mol. The van der Waals surface area contributed by atoms with E-state index in [0.29, 0.717) is 5.56 Å². The first-order valence-corrected chi connectivity index (χ1v) is 5.58. The molecule has 0 bridgehead atoms. The number of nitrogens with two attached hydrogens (primary N) is 1. The van der Waals surface area contributed by atoms with Crippen molar-refractivity contribution in [2.45, 2.75) is 12.7 Å². The van der Waals surface area contributed by atoms with Crippen LogP contribution in [0, 0.1) is 5.82 Å². The van der Waals surface area contributed by atoms with E-state index in [2.05, 4.69) is 0 Å². The second-order valence-electron chi connectivity index (χ2n) is 4.06. The molecular weight excluding hydrogens is 258 g/mol. The Morgan fingerprint density at radius 1 is 0.947 bits per heavy atom. The molecule has 0 aliphatic carbocycles. The summed E-state index contributed by atoms with van der Waals surface area (Å²) in [5.74, 6) is -0.700. The van der Waals surface area contributed by atoms with Gasteiger partial charge in [0.25, 0.3) is 0 Å². The monoisotopic (exact) mass is 269 g/mol. The third kappa shape index (κ3) is 2.76. The SMILES string of the molecule is NCc1ccc(F)c(-c2ccccc2C(F)(F)F)c1. The highest BCUT2D eigenvalue weighted by Crippen LogP contribution is 2.37. The molecule has 5 heteroatoms. The van der Waals surface area contributed by atoms with E-state index < -0.39 is 17.6 Å². The number of rotatable bonds is 2. The maximum atomic E-state index is 13.8. The van der Waals surface area contributed by atoms with Gasteiger partial charge in [0.1, 0.15) is 5.82 Å². The van der Waals surface area contributed by atoms with Crippen LogP contribution >= 0.6 is 0 Å². The van der Waals surface area contributed by atoms with Crippen LogP contribution in [0.15, 0.2) is 42.5 Å². The maximum Gasteiger partial charge on any atom is 0.417 e. The molecule has 2 aromatic carbocycles.